The van der Waals surface area contributed by atoms with Crippen molar-refractivity contribution in [3.05, 3.63) is 42.0 Å². The maximum Gasteiger partial charge on any atom is 0.255 e. The standard InChI is InChI=1S/C18H24N4O2/c1-21-11-14(9-20-21)8-16-17(24-12-13-2-3-13)5-7-22(16)18(23)15-4-6-19-10-15/h4,6,9-11,13,16-17,19H,2-3,5,7-8,12H2,1H3/t16-,17-/m0/s1. The summed E-state index contributed by atoms with van der Waals surface area (Å²) in [5.41, 5.74) is 1.87. The maximum atomic E-state index is 12.8. The van der Waals surface area contributed by atoms with Crippen LogP contribution in [0.2, 0.25) is 0 Å². The van der Waals surface area contributed by atoms with Crippen LogP contribution >= 0.6 is 0 Å². The van der Waals surface area contributed by atoms with Gasteiger partial charge in [0.1, 0.15) is 0 Å². The van der Waals surface area contributed by atoms with Gasteiger partial charge in [-0.15, -0.1) is 0 Å². The maximum absolute atomic E-state index is 12.8. The number of nitrogens with one attached hydrogen (secondary N) is 1. The van der Waals surface area contributed by atoms with E-state index in [1.165, 1.54) is 12.8 Å². The van der Waals surface area contributed by atoms with Crippen LogP contribution in [0.15, 0.2) is 30.9 Å². The molecule has 0 bridgehead atoms. The van der Waals surface area contributed by atoms with E-state index in [0.717, 1.165) is 37.5 Å². The largest absolute Gasteiger partial charge is 0.376 e. The molecule has 128 valence electrons. The first-order chi connectivity index (χ1) is 11.7. The molecule has 2 aromatic rings. The van der Waals surface area contributed by atoms with Crippen LogP contribution in [0, 0.1) is 5.92 Å². The normalized spacial score (nSPS) is 23.8. The second-order valence-corrected chi connectivity index (χ2v) is 7.00. The average Bonchev–Trinajstić information content (AvgIpc) is 2.98. The Labute approximate surface area is 141 Å². The number of aromatic amines is 1. The quantitative estimate of drug-likeness (QED) is 0.882. The summed E-state index contributed by atoms with van der Waals surface area (Å²) in [7, 11) is 1.92. The highest BCUT2D eigenvalue weighted by Crippen LogP contribution is 2.32. The molecule has 0 radical (unpaired) electrons. The number of nitrogens with zero attached hydrogens (tertiary/aromatic N) is 3. The predicted octanol–water partition coefficient (Wildman–Crippen LogP) is 2.00. The number of ether oxygens (including phenoxy) is 1. The molecule has 2 atom stereocenters. The molecule has 0 aromatic carbocycles. The molecule has 6 heteroatoms. The molecule has 1 saturated heterocycles. The minimum atomic E-state index is 0.0790. The Kier molecular flexibility index (Phi) is 4.14. The molecule has 1 aliphatic carbocycles. The lowest BCUT2D eigenvalue weighted by Crippen LogP contribution is -2.42. The number of likely N-dealkylation sites (tertiary alicyclic amines) is 1. The third kappa shape index (κ3) is 3.24. The van der Waals surface area contributed by atoms with Crippen LogP contribution in [0.5, 0.6) is 0 Å². The Hall–Kier alpha value is -2.08. The number of H-pyrrole nitrogens is 1. The van der Waals surface area contributed by atoms with Crippen molar-refractivity contribution < 1.29 is 9.53 Å². The van der Waals surface area contributed by atoms with Gasteiger partial charge in [-0.2, -0.15) is 5.10 Å². The van der Waals surface area contributed by atoms with E-state index < -0.39 is 0 Å². The molecule has 2 aliphatic rings. The molecule has 1 aliphatic heterocycles. The molecule has 2 aromatic heterocycles. The molecule has 6 nitrogen and oxygen atoms in total. The topological polar surface area (TPSA) is 63.1 Å². The van der Waals surface area contributed by atoms with E-state index in [0.29, 0.717) is 5.56 Å². The van der Waals surface area contributed by atoms with Crippen molar-refractivity contribution in [1.82, 2.24) is 19.7 Å². The van der Waals surface area contributed by atoms with Gasteiger partial charge < -0.3 is 14.6 Å². The van der Waals surface area contributed by atoms with E-state index in [2.05, 4.69) is 10.1 Å². The van der Waals surface area contributed by atoms with Crippen molar-refractivity contribution in [3.63, 3.8) is 0 Å². The second-order valence-electron chi connectivity index (χ2n) is 7.00. The predicted molar refractivity (Wildman–Crippen MR) is 89.6 cm³/mol. The molecule has 24 heavy (non-hydrogen) atoms. The Morgan fingerprint density at radius 1 is 1.42 bits per heavy atom. The van der Waals surface area contributed by atoms with Crippen LogP contribution in [-0.2, 0) is 18.2 Å². The highest BCUT2D eigenvalue weighted by molar-refractivity contribution is 5.94. The highest BCUT2D eigenvalue weighted by Gasteiger charge is 2.39. The van der Waals surface area contributed by atoms with Gasteiger partial charge in [0.2, 0.25) is 0 Å². The molecular formula is C18H24N4O2. The van der Waals surface area contributed by atoms with Crippen molar-refractivity contribution >= 4 is 5.91 Å². The zero-order valence-electron chi connectivity index (χ0n) is 14.0. The molecule has 0 spiro atoms. The highest BCUT2D eigenvalue weighted by atomic mass is 16.5. The third-order valence-electron chi connectivity index (χ3n) is 5.04. The lowest BCUT2D eigenvalue weighted by atomic mass is 10.0. The fourth-order valence-corrected chi connectivity index (χ4v) is 3.50. The van der Waals surface area contributed by atoms with E-state index in [4.69, 9.17) is 4.74 Å². The van der Waals surface area contributed by atoms with Crippen LogP contribution in [0.4, 0.5) is 0 Å². The van der Waals surface area contributed by atoms with Crippen LogP contribution in [0.1, 0.15) is 35.2 Å². The van der Waals surface area contributed by atoms with Crippen LogP contribution in [0.3, 0.4) is 0 Å². The third-order valence-corrected chi connectivity index (χ3v) is 5.04. The van der Waals surface area contributed by atoms with Gasteiger partial charge in [0.25, 0.3) is 5.91 Å². The zero-order valence-corrected chi connectivity index (χ0v) is 14.0. The first kappa shape index (κ1) is 15.4. The Morgan fingerprint density at radius 2 is 2.29 bits per heavy atom. The van der Waals surface area contributed by atoms with E-state index in [-0.39, 0.29) is 18.1 Å². The van der Waals surface area contributed by atoms with E-state index in [1.807, 2.05) is 35.1 Å². The number of aromatic nitrogens is 3. The van der Waals surface area contributed by atoms with Crippen molar-refractivity contribution in [2.45, 2.75) is 37.8 Å². The van der Waals surface area contributed by atoms with Gasteiger partial charge in [0, 0.05) is 38.8 Å². The Balaban J connectivity index is 1.51. The summed E-state index contributed by atoms with van der Waals surface area (Å²) in [5, 5.41) is 4.26. The first-order valence-electron chi connectivity index (χ1n) is 8.73. The molecule has 1 saturated carbocycles. The van der Waals surface area contributed by atoms with Crippen molar-refractivity contribution in [2.75, 3.05) is 13.2 Å². The number of carbonyl (C=O) groups excluding carboxylic acids is 1. The van der Waals surface area contributed by atoms with Gasteiger partial charge in [-0.3, -0.25) is 9.48 Å². The van der Waals surface area contributed by atoms with Crippen LogP contribution < -0.4 is 0 Å². The van der Waals surface area contributed by atoms with Gasteiger partial charge in [-0.1, -0.05) is 0 Å². The summed E-state index contributed by atoms with van der Waals surface area (Å²) in [5.74, 6) is 0.820. The summed E-state index contributed by atoms with van der Waals surface area (Å²) in [6.07, 6.45) is 11.9. The number of hydrogen-bond acceptors (Lipinski definition) is 3. The summed E-state index contributed by atoms with van der Waals surface area (Å²) in [6, 6.07) is 1.91. The van der Waals surface area contributed by atoms with Crippen molar-refractivity contribution in [2.24, 2.45) is 13.0 Å². The molecule has 1 N–H and O–H groups in total. The lowest BCUT2D eigenvalue weighted by Gasteiger charge is -2.28. The van der Waals surface area contributed by atoms with Crippen molar-refractivity contribution in [1.29, 1.82) is 0 Å². The molecule has 4 rings (SSSR count). The number of amides is 1. The van der Waals surface area contributed by atoms with Gasteiger partial charge >= 0.3 is 0 Å². The number of carbonyl (C=O) groups is 1. The van der Waals surface area contributed by atoms with Gasteiger partial charge in [-0.25, -0.2) is 0 Å². The summed E-state index contributed by atoms with van der Waals surface area (Å²) in [4.78, 5) is 17.8. The fraction of sp³-hybridized carbons (Fsp3) is 0.556. The number of hydrogen-bond donors (Lipinski definition) is 1. The van der Waals surface area contributed by atoms with Gasteiger partial charge in [0.15, 0.2) is 0 Å². The minimum absolute atomic E-state index is 0.0790. The number of rotatable bonds is 6. The number of aryl methyl sites for hydroxylation is 1. The molecule has 0 unspecified atom stereocenters. The Morgan fingerprint density at radius 3 is 2.96 bits per heavy atom. The lowest BCUT2D eigenvalue weighted by molar-refractivity contribution is 0.0200. The van der Waals surface area contributed by atoms with E-state index >= 15 is 0 Å². The molecule has 1 amide bonds. The Bertz CT molecular complexity index is 690. The monoisotopic (exact) mass is 328 g/mol. The first-order valence-corrected chi connectivity index (χ1v) is 8.73. The van der Waals surface area contributed by atoms with Gasteiger partial charge in [-0.05, 0) is 43.2 Å². The minimum Gasteiger partial charge on any atom is -0.376 e. The molecule has 2 fully saturated rings. The molecule has 3 heterocycles. The SMILES string of the molecule is Cn1cc(C[C@H]2[C@@H](OCC3CC3)CCN2C(=O)c2cc[nH]c2)cn1. The molecular weight excluding hydrogens is 304 g/mol. The van der Waals surface area contributed by atoms with E-state index in [9.17, 15) is 4.79 Å². The summed E-state index contributed by atoms with van der Waals surface area (Å²) >= 11 is 0. The van der Waals surface area contributed by atoms with Crippen LogP contribution in [0.25, 0.3) is 0 Å². The zero-order chi connectivity index (χ0) is 16.5. The second kappa shape index (κ2) is 6.43. The smallest absolute Gasteiger partial charge is 0.255 e. The summed E-state index contributed by atoms with van der Waals surface area (Å²) < 4.78 is 8.00. The van der Waals surface area contributed by atoms with E-state index in [1.54, 1.807) is 12.4 Å². The average molecular weight is 328 g/mol. The summed E-state index contributed by atoms with van der Waals surface area (Å²) in [6.45, 7) is 1.59. The van der Waals surface area contributed by atoms with Crippen molar-refractivity contribution in [3.8, 4) is 0 Å². The van der Waals surface area contributed by atoms with Crippen LogP contribution in [-0.4, -0.2) is 50.9 Å². The van der Waals surface area contributed by atoms with Gasteiger partial charge in [0.05, 0.1) is 23.9 Å². The fourth-order valence-electron chi connectivity index (χ4n) is 3.50.